The van der Waals surface area contributed by atoms with Gasteiger partial charge in [-0.25, -0.2) is 0 Å². The summed E-state index contributed by atoms with van der Waals surface area (Å²) in [5.41, 5.74) is 1.75. The summed E-state index contributed by atoms with van der Waals surface area (Å²) in [6, 6.07) is 21.3. The quantitative estimate of drug-likeness (QED) is 0.234. The smallest absolute Gasteiger partial charge is 0.191 e. The van der Waals surface area contributed by atoms with Gasteiger partial charge in [-0.1, -0.05) is 60.7 Å². The van der Waals surface area contributed by atoms with E-state index in [4.69, 9.17) is 4.74 Å². The topological polar surface area (TPSA) is 69.1 Å². The van der Waals surface area contributed by atoms with Gasteiger partial charge in [-0.3, -0.25) is 9.89 Å². The van der Waals surface area contributed by atoms with E-state index in [1.54, 1.807) is 0 Å². The first-order valence-electron chi connectivity index (χ1n) is 11.7. The van der Waals surface area contributed by atoms with Crippen LogP contribution in [0, 0.1) is 0 Å². The molecule has 0 radical (unpaired) electrons. The molecule has 3 N–H and O–H groups in total. The Labute approximate surface area is 215 Å². The monoisotopic (exact) mass is 566 g/mol. The number of rotatable bonds is 10. The molecule has 1 saturated heterocycles. The summed E-state index contributed by atoms with van der Waals surface area (Å²) in [7, 11) is 0. The van der Waals surface area contributed by atoms with Crippen LogP contribution in [0.1, 0.15) is 37.3 Å². The number of ether oxygens (including phenoxy) is 1. The normalized spacial score (nSPS) is 16.7. The van der Waals surface area contributed by atoms with Gasteiger partial charge in [0.2, 0.25) is 0 Å². The molecule has 1 atom stereocenters. The van der Waals surface area contributed by atoms with Crippen LogP contribution in [0.2, 0.25) is 0 Å². The molecule has 0 saturated carbocycles. The van der Waals surface area contributed by atoms with E-state index in [-0.39, 0.29) is 24.0 Å². The number of guanidine groups is 1. The van der Waals surface area contributed by atoms with Crippen LogP contribution in [0.25, 0.3) is 0 Å². The van der Waals surface area contributed by atoms with Gasteiger partial charge in [0.25, 0.3) is 0 Å². The van der Waals surface area contributed by atoms with E-state index in [2.05, 4.69) is 88.1 Å². The summed E-state index contributed by atoms with van der Waals surface area (Å²) in [6.07, 6.45) is 0.947. The van der Waals surface area contributed by atoms with Crippen molar-refractivity contribution in [2.24, 2.45) is 4.99 Å². The van der Waals surface area contributed by atoms with Crippen LogP contribution in [0.5, 0.6) is 0 Å². The third kappa shape index (κ3) is 9.60. The number of morpholine rings is 1. The highest BCUT2D eigenvalue weighted by molar-refractivity contribution is 14.0. The van der Waals surface area contributed by atoms with E-state index in [0.717, 1.165) is 51.8 Å². The Bertz CT molecular complexity index is 772. The maximum atomic E-state index is 10.8. The van der Waals surface area contributed by atoms with Gasteiger partial charge in [0, 0.05) is 38.6 Å². The molecular formula is C26H39IN4O2. The van der Waals surface area contributed by atoms with Gasteiger partial charge >= 0.3 is 0 Å². The minimum Gasteiger partial charge on any atom is -0.387 e. The van der Waals surface area contributed by atoms with Crippen LogP contribution in [-0.4, -0.2) is 74.0 Å². The molecule has 182 valence electrons. The van der Waals surface area contributed by atoms with Crippen molar-refractivity contribution >= 4 is 29.9 Å². The molecule has 2 aromatic rings. The number of nitrogens with zero attached hydrogens (tertiary/aromatic N) is 2. The van der Waals surface area contributed by atoms with Crippen molar-refractivity contribution in [1.82, 2.24) is 15.5 Å². The fourth-order valence-corrected chi connectivity index (χ4v) is 4.11. The SMILES string of the molecule is CCNC(=NCC(C)(O)CN1CCOCC1)NCCC(c1ccccc1)c1ccccc1.I. The Kier molecular flexibility index (Phi) is 12.2. The van der Waals surface area contributed by atoms with Crippen LogP contribution in [0.4, 0.5) is 0 Å². The maximum Gasteiger partial charge on any atom is 0.191 e. The molecule has 3 rings (SSSR count). The van der Waals surface area contributed by atoms with Crippen molar-refractivity contribution in [3.8, 4) is 0 Å². The summed E-state index contributed by atoms with van der Waals surface area (Å²) >= 11 is 0. The zero-order valence-corrected chi connectivity index (χ0v) is 22.2. The average molecular weight is 567 g/mol. The Hall–Kier alpha value is -1.68. The average Bonchev–Trinajstić information content (AvgIpc) is 2.82. The molecule has 0 aromatic heterocycles. The van der Waals surface area contributed by atoms with E-state index in [9.17, 15) is 5.11 Å². The zero-order valence-electron chi connectivity index (χ0n) is 19.9. The lowest BCUT2D eigenvalue weighted by Crippen LogP contribution is -2.48. The second-order valence-electron chi connectivity index (χ2n) is 8.67. The maximum absolute atomic E-state index is 10.8. The summed E-state index contributed by atoms with van der Waals surface area (Å²) < 4.78 is 5.40. The molecule has 1 unspecified atom stereocenters. The number of hydrogen-bond acceptors (Lipinski definition) is 4. The number of benzene rings is 2. The van der Waals surface area contributed by atoms with Crippen molar-refractivity contribution in [2.45, 2.75) is 31.8 Å². The largest absolute Gasteiger partial charge is 0.387 e. The molecule has 33 heavy (non-hydrogen) atoms. The predicted octanol–water partition coefficient (Wildman–Crippen LogP) is 3.46. The highest BCUT2D eigenvalue weighted by atomic mass is 127. The van der Waals surface area contributed by atoms with Gasteiger partial charge in [0.05, 0.1) is 25.4 Å². The van der Waals surface area contributed by atoms with E-state index in [1.165, 1.54) is 11.1 Å². The Balaban J connectivity index is 0.00000385. The lowest BCUT2D eigenvalue weighted by atomic mass is 9.88. The summed E-state index contributed by atoms with van der Waals surface area (Å²) in [5, 5.41) is 17.6. The predicted molar refractivity (Wildman–Crippen MR) is 147 cm³/mol. The highest BCUT2D eigenvalue weighted by Gasteiger charge is 2.25. The number of aliphatic hydroxyl groups is 1. The summed E-state index contributed by atoms with van der Waals surface area (Å²) in [5.74, 6) is 1.06. The fraction of sp³-hybridized carbons (Fsp3) is 0.500. The second-order valence-corrected chi connectivity index (χ2v) is 8.67. The molecule has 1 aliphatic rings. The number of β-amino-alcohol motifs (C(OH)–C–C–N with tert-alkyl or cyclic N) is 1. The zero-order chi connectivity index (χ0) is 22.7. The van der Waals surface area contributed by atoms with Crippen molar-refractivity contribution in [3.63, 3.8) is 0 Å². The van der Waals surface area contributed by atoms with Crippen molar-refractivity contribution in [3.05, 3.63) is 71.8 Å². The highest BCUT2D eigenvalue weighted by Crippen LogP contribution is 2.27. The molecule has 1 aliphatic heterocycles. The van der Waals surface area contributed by atoms with Gasteiger partial charge in [-0.15, -0.1) is 24.0 Å². The molecule has 0 spiro atoms. The third-order valence-corrected chi connectivity index (χ3v) is 5.72. The molecule has 1 heterocycles. The molecular weight excluding hydrogens is 527 g/mol. The van der Waals surface area contributed by atoms with Crippen LogP contribution in [0.3, 0.4) is 0 Å². The van der Waals surface area contributed by atoms with Gasteiger partial charge in [-0.05, 0) is 31.4 Å². The lowest BCUT2D eigenvalue weighted by Gasteiger charge is -2.33. The van der Waals surface area contributed by atoms with E-state index in [0.29, 0.717) is 19.0 Å². The van der Waals surface area contributed by atoms with Gasteiger partial charge in [0.15, 0.2) is 5.96 Å². The molecule has 7 heteroatoms. The van der Waals surface area contributed by atoms with E-state index in [1.807, 2.05) is 6.92 Å². The van der Waals surface area contributed by atoms with Crippen molar-refractivity contribution in [2.75, 3.05) is 52.5 Å². The van der Waals surface area contributed by atoms with E-state index < -0.39 is 5.60 Å². The number of hydrogen-bond donors (Lipinski definition) is 3. The number of aliphatic imine (C=N–C) groups is 1. The first-order valence-corrected chi connectivity index (χ1v) is 11.7. The van der Waals surface area contributed by atoms with Crippen molar-refractivity contribution in [1.29, 1.82) is 0 Å². The standard InChI is InChI=1S/C26H38N4O2.HI/c1-3-27-25(29-20-26(2,31)21-30-16-18-32-19-17-30)28-15-14-24(22-10-6-4-7-11-22)23-12-8-5-9-13-23;/h4-13,24,31H,3,14-21H2,1-2H3,(H2,27,28,29);1H. The molecule has 2 aromatic carbocycles. The molecule has 6 nitrogen and oxygen atoms in total. The molecule has 0 aliphatic carbocycles. The van der Waals surface area contributed by atoms with Crippen LogP contribution >= 0.6 is 24.0 Å². The van der Waals surface area contributed by atoms with Gasteiger partial charge in [-0.2, -0.15) is 0 Å². The Morgan fingerprint density at radius 3 is 2.15 bits per heavy atom. The van der Waals surface area contributed by atoms with E-state index >= 15 is 0 Å². The van der Waals surface area contributed by atoms with Gasteiger partial charge < -0.3 is 20.5 Å². The second kappa shape index (κ2) is 14.6. The summed E-state index contributed by atoms with van der Waals surface area (Å²) in [6.45, 7) is 9.60. The molecule has 0 amide bonds. The summed E-state index contributed by atoms with van der Waals surface area (Å²) in [4.78, 5) is 6.92. The lowest BCUT2D eigenvalue weighted by molar-refractivity contribution is -0.0179. The Morgan fingerprint density at radius 2 is 1.61 bits per heavy atom. The van der Waals surface area contributed by atoms with Crippen molar-refractivity contribution < 1.29 is 9.84 Å². The first kappa shape index (κ1) is 27.6. The molecule has 1 fully saturated rings. The minimum absolute atomic E-state index is 0. The van der Waals surface area contributed by atoms with Crippen LogP contribution in [0.15, 0.2) is 65.7 Å². The number of halogens is 1. The third-order valence-electron chi connectivity index (χ3n) is 5.72. The first-order chi connectivity index (χ1) is 15.6. The van der Waals surface area contributed by atoms with Gasteiger partial charge in [0.1, 0.15) is 0 Å². The fourth-order valence-electron chi connectivity index (χ4n) is 4.11. The van der Waals surface area contributed by atoms with Crippen LogP contribution < -0.4 is 10.6 Å². The minimum atomic E-state index is -0.879. The van der Waals surface area contributed by atoms with Crippen LogP contribution in [-0.2, 0) is 4.74 Å². The molecule has 0 bridgehead atoms. The number of nitrogens with one attached hydrogen (secondary N) is 2. The Morgan fingerprint density at radius 1 is 1.03 bits per heavy atom.